The molecule has 5 aliphatic rings. The summed E-state index contributed by atoms with van der Waals surface area (Å²) in [5.74, 6) is -2.21. The molecule has 1 saturated heterocycles. The number of allylic oxidation sites excluding steroid dienone is 1. The number of imidazole rings is 1. The Morgan fingerprint density at radius 2 is 1.71 bits per heavy atom. The quantitative estimate of drug-likeness (QED) is 0.316. The van der Waals surface area contributed by atoms with Crippen LogP contribution in [0.25, 0.3) is 10.8 Å². The molecule has 3 fully saturated rings. The van der Waals surface area contributed by atoms with Gasteiger partial charge in [0.2, 0.25) is 11.8 Å². The summed E-state index contributed by atoms with van der Waals surface area (Å²) in [6.07, 6.45) is 13.1. The SMILES string of the molecule is Cn1cnc(S(=O)(=O)NC(=O)C23CC2/C=C/CCCCCC(NC(=O)OC2CCCC2)C(=O)N2C[C@H](N4Cc5cccc6cccc(c56)C4)CC2C(=O)N3)c1. The largest absolute Gasteiger partial charge is 0.446 e. The van der Waals surface area contributed by atoms with Gasteiger partial charge in [0.05, 0.1) is 6.33 Å². The summed E-state index contributed by atoms with van der Waals surface area (Å²) in [6.45, 7) is 1.51. The van der Waals surface area contributed by atoms with E-state index in [-0.39, 0.29) is 36.0 Å². The topological polar surface area (TPSA) is 172 Å². The van der Waals surface area contributed by atoms with Crippen LogP contribution in [0.4, 0.5) is 4.79 Å². The van der Waals surface area contributed by atoms with Gasteiger partial charge in [-0.2, -0.15) is 8.42 Å². The van der Waals surface area contributed by atoms with E-state index in [0.29, 0.717) is 38.8 Å². The Morgan fingerprint density at radius 3 is 2.42 bits per heavy atom. The average molecular weight is 772 g/mol. The number of sulfonamides is 1. The van der Waals surface area contributed by atoms with Gasteiger partial charge in [-0.25, -0.2) is 14.5 Å². The highest BCUT2D eigenvalue weighted by atomic mass is 32.2. The van der Waals surface area contributed by atoms with E-state index >= 15 is 0 Å². The number of carbonyl (C=O) groups is 4. The van der Waals surface area contributed by atoms with Gasteiger partial charge in [-0.05, 0) is 79.7 Å². The molecule has 3 aromatic rings. The van der Waals surface area contributed by atoms with Crippen LogP contribution < -0.4 is 15.4 Å². The highest BCUT2D eigenvalue weighted by Crippen LogP contribution is 2.46. The number of alkyl carbamates (subject to hydrolysis) is 1. The molecule has 3 N–H and O–H groups in total. The van der Waals surface area contributed by atoms with Crippen LogP contribution in [0.15, 0.2) is 66.1 Å². The summed E-state index contributed by atoms with van der Waals surface area (Å²) < 4.78 is 35.8. The zero-order chi connectivity index (χ0) is 38.3. The van der Waals surface area contributed by atoms with Gasteiger partial charge in [0, 0.05) is 44.8 Å². The fourth-order valence-corrected chi connectivity index (χ4v) is 10.0. The van der Waals surface area contributed by atoms with Crippen LogP contribution in [0.3, 0.4) is 0 Å². The summed E-state index contributed by atoms with van der Waals surface area (Å²) >= 11 is 0. The number of rotatable bonds is 6. The van der Waals surface area contributed by atoms with Crippen LogP contribution in [0.5, 0.6) is 0 Å². The van der Waals surface area contributed by atoms with Crippen LogP contribution in [0, 0.1) is 5.92 Å². The first-order valence-corrected chi connectivity index (χ1v) is 21.0. The highest BCUT2D eigenvalue weighted by molar-refractivity contribution is 7.90. The molecule has 14 nitrogen and oxygen atoms in total. The number of amides is 4. The number of carbonyl (C=O) groups excluding carboxylic acids is 4. The van der Waals surface area contributed by atoms with E-state index in [9.17, 15) is 27.6 Å². The molecular weight excluding hydrogens is 723 g/mol. The number of ether oxygens (including phenoxy) is 1. The zero-order valence-electron chi connectivity index (χ0n) is 31.1. The molecule has 8 rings (SSSR count). The van der Waals surface area contributed by atoms with Crippen molar-refractivity contribution >= 4 is 44.6 Å². The normalized spacial score (nSPS) is 28.3. The van der Waals surface area contributed by atoms with E-state index < -0.39 is 51.5 Å². The number of aryl methyl sites for hydroxylation is 1. The van der Waals surface area contributed by atoms with E-state index in [1.807, 2.05) is 24.3 Å². The van der Waals surface area contributed by atoms with Crippen molar-refractivity contribution in [3.05, 3.63) is 72.2 Å². The standard InChI is InChI=1S/C40H49N7O7S/c1-45-24-34(41-25-45)55(52,53)44-38(50)40-20-29(40)15-5-3-2-4-6-18-32(42-39(51)54-31-16-7-8-17-31)37(49)47-23-30(19-33(47)36(48)43-40)46-21-27-13-9-11-26-12-10-14-28(22-46)35(26)27/h5,9-15,24-25,29-33H,2-4,6-8,16-23H2,1H3,(H,42,51)(H,43,48)(H,44,50)/b15-5+/t29?,30-,32?,33?,40?/m1/s1. The van der Waals surface area contributed by atoms with Gasteiger partial charge in [-0.3, -0.25) is 19.3 Å². The lowest BCUT2D eigenvalue weighted by atomic mass is 9.94. The molecule has 3 aliphatic heterocycles. The first kappa shape index (κ1) is 37.2. The van der Waals surface area contributed by atoms with Crippen molar-refractivity contribution in [2.75, 3.05) is 6.54 Å². The summed E-state index contributed by atoms with van der Waals surface area (Å²) in [5.41, 5.74) is 0.808. The van der Waals surface area contributed by atoms with Crippen LogP contribution >= 0.6 is 0 Å². The van der Waals surface area contributed by atoms with E-state index in [0.717, 1.165) is 38.5 Å². The zero-order valence-corrected chi connectivity index (χ0v) is 31.9. The maximum Gasteiger partial charge on any atom is 0.408 e. The molecule has 0 radical (unpaired) electrons. The minimum absolute atomic E-state index is 0.180. The Balaban J connectivity index is 1.09. The monoisotopic (exact) mass is 771 g/mol. The third kappa shape index (κ3) is 7.60. The van der Waals surface area contributed by atoms with Crippen molar-refractivity contribution in [3.8, 4) is 0 Å². The Kier molecular flexibility index (Phi) is 10.2. The first-order chi connectivity index (χ1) is 26.5. The van der Waals surface area contributed by atoms with Crippen LogP contribution in [0.1, 0.15) is 81.8 Å². The number of hydrogen-bond acceptors (Lipinski definition) is 9. The van der Waals surface area contributed by atoms with Crippen molar-refractivity contribution in [2.24, 2.45) is 13.0 Å². The van der Waals surface area contributed by atoms with Crippen molar-refractivity contribution in [3.63, 3.8) is 0 Å². The van der Waals surface area contributed by atoms with Crippen molar-refractivity contribution in [2.45, 2.75) is 119 Å². The van der Waals surface area contributed by atoms with E-state index in [1.165, 1.54) is 39.0 Å². The third-order valence-electron chi connectivity index (χ3n) is 12.1. The maximum absolute atomic E-state index is 14.7. The minimum Gasteiger partial charge on any atom is -0.446 e. The Hall–Kier alpha value is -4.76. The summed E-state index contributed by atoms with van der Waals surface area (Å²) in [5, 5.41) is 7.91. The molecule has 55 heavy (non-hydrogen) atoms. The molecular formula is C40H49N7O7S. The molecule has 0 spiro atoms. The number of benzene rings is 2. The number of fused-ring (bicyclic) bond motifs is 2. The number of hydrogen-bond donors (Lipinski definition) is 3. The first-order valence-electron chi connectivity index (χ1n) is 19.6. The second kappa shape index (κ2) is 15.1. The molecule has 0 bridgehead atoms. The molecule has 2 saturated carbocycles. The van der Waals surface area contributed by atoms with Crippen molar-refractivity contribution < 1.29 is 32.3 Å². The molecule has 15 heteroatoms. The average Bonchev–Trinajstić information content (AvgIpc) is 3.60. The smallest absolute Gasteiger partial charge is 0.408 e. The van der Waals surface area contributed by atoms with Gasteiger partial charge in [0.15, 0.2) is 5.03 Å². The van der Waals surface area contributed by atoms with Gasteiger partial charge in [0.25, 0.3) is 15.9 Å². The van der Waals surface area contributed by atoms with Crippen molar-refractivity contribution in [1.29, 1.82) is 0 Å². The second-order valence-electron chi connectivity index (χ2n) is 15.9. The van der Waals surface area contributed by atoms with Gasteiger partial charge >= 0.3 is 6.09 Å². The Labute approximate surface area is 321 Å². The number of nitrogens with zero attached hydrogens (tertiary/aromatic N) is 4. The molecule has 1 aromatic heterocycles. The number of aromatic nitrogens is 2. The summed E-state index contributed by atoms with van der Waals surface area (Å²) in [6, 6.07) is 10.4. The lowest BCUT2D eigenvalue weighted by Gasteiger charge is -2.34. The Bertz CT molecular complexity index is 2090. The van der Waals surface area contributed by atoms with Crippen LogP contribution in [-0.4, -0.2) is 87.9 Å². The van der Waals surface area contributed by atoms with E-state index in [4.69, 9.17) is 4.74 Å². The molecule has 292 valence electrons. The van der Waals surface area contributed by atoms with E-state index in [2.05, 4.69) is 49.5 Å². The lowest BCUT2D eigenvalue weighted by Crippen LogP contribution is -2.58. The summed E-state index contributed by atoms with van der Waals surface area (Å²) in [4.78, 5) is 64.2. The van der Waals surface area contributed by atoms with E-state index in [1.54, 1.807) is 11.9 Å². The highest BCUT2D eigenvalue weighted by Gasteiger charge is 2.62. The van der Waals surface area contributed by atoms with Crippen LogP contribution in [0.2, 0.25) is 0 Å². The summed E-state index contributed by atoms with van der Waals surface area (Å²) in [7, 11) is -2.71. The molecule has 4 heterocycles. The predicted molar refractivity (Wildman–Crippen MR) is 203 cm³/mol. The second-order valence-corrected chi connectivity index (χ2v) is 17.5. The molecule has 2 aliphatic carbocycles. The third-order valence-corrected chi connectivity index (χ3v) is 13.3. The molecule has 2 aromatic carbocycles. The van der Waals surface area contributed by atoms with Gasteiger partial charge in [-0.15, -0.1) is 0 Å². The maximum atomic E-state index is 14.7. The lowest BCUT2D eigenvalue weighted by molar-refractivity contribution is -0.141. The van der Waals surface area contributed by atoms with Crippen LogP contribution in [-0.2, 0) is 49.3 Å². The van der Waals surface area contributed by atoms with Gasteiger partial charge in [0.1, 0.15) is 23.7 Å². The fraction of sp³-hybridized carbons (Fsp3) is 0.525. The fourth-order valence-electron chi connectivity index (χ4n) is 9.00. The molecule has 5 atom stereocenters. The molecule has 4 unspecified atom stereocenters. The van der Waals surface area contributed by atoms with Crippen molar-refractivity contribution in [1.82, 2.24) is 34.7 Å². The minimum atomic E-state index is -4.33. The predicted octanol–water partition coefficient (Wildman–Crippen LogP) is 3.80. The van der Waals surface area contributed by atoms with Gasteiger partial charge in [-0.1, -0.05) is 61.4 Å². The number of nitrogens with one attached hydrogen (secondary N) is 3. The van der Waals surface area contributed by atoms with Gasteiger partial charge < -0.3 is 24.8 Å². The molecule has 4 amide bonds. The Morgan fingerprint density at radius 1 is 0.982 bits per heavy atom.